The van der Waals surface area contributed by atoms with Crippen molar-refractivity contribution in [2.24, 2.45) is 0 Å². The largest absolute Gasteiger partial charge is 0.465 e. The first kappa shape index (κ1) is 12.0. The van der Waals surface area contributed by atoms with Gasteiger partial charge in [0.25, 0.3) is 0 Å². The summed E-state index contributed by atoms with van der Waals surface area (Å²) >= 11 is 6.80. The molecular weight excluding hydrogens is 312 g/mol. The molecule has 0 saturated heterocycles. The van der Waals surface area contributed by atoms with Gasteiger partial charge in [0, 0.05) is 15.6 Å². The van der Waals surface area contributed by atoms with Crippen LogP contribution in [0.5, 0.6) is 5.75 Å². The zero-order chi connectivity index (χ0) is 10.6. The van der Waals surface area contributed by atoms with E-state index in [-0.39, 0.29) is 6.29 Å². The smallest absolute Gasteiger partial charge is 0.196 e. The van der Waals surface area contributed by atoms with Gasteiger partial charge in [-0.05, 0) is 63.9 Å². The minimum atomic E-state index is -0.215. The van der Waals surface area contributed by atoms with E-state index < -0.39 is 0 Å². The van der Waals surface area contributed by atoms with Gasteiger partial charge in [-0.1, -0.05) is 0 Å². The maximum Gasteiger partial charge on any atom is 0.196 e. The summed E-state index contributed by atoms with van der Waals surface area (Å²) in [5.41, 5.74) is 0. The van der Waals surface area contributed by atoms with Crippen molar-refractivity contribution >= 4 is 31.9 Å². The fourth-order valence-electron chi connectivity index (χ4n) is 1.01. The van der Waals surface area contributed by atoms with Crippen molar-refractivity contribution < 1.29 is 9.47 Å². The van der Waals surface area contributed by atoms with Gasteiger partial charge in [0.05, 0.1) is 0 Å². The summed E-state index contributed by atoms with van der Waals surface area (Å²) in [6, 6.07) is 5.72. The number of hydrogen-bond acceptors (Lipinski definition) is 2. The highest BCUT2D eigenvalue weighted by Gasteiger charge is 2.04. The molecule has 78 valence electrons. The van der Waals surface area contributed by atoms with Crippen molar-refractivity contribution in [1.82, 2.24) is 0 Å². The minimum absolute atomic E-state index is 0.215. The molecule has 0 fully saturated rings. The molecule has 0 amide bonds. The lowest BCUT2D eigenvalue weighted by molar-refractivity contribution is -0.0613. The zero-order valence-corrected chi connectivity index (χ0v) is 11.3. The molecular formula is C10H12Br2O2. The average Bonchev–Trinajstić information content (AvgIpc) is 2.12. The number of ether oxygens (including phenoxy) is 2. The molecule has 0 aliphatic heterocycles. The van der Waals surface area contributed by atoms with Crippen LogP contribution in [0, 0.1) is 0 Å². The highest BCUT2D eigenvalue weighted by atomic mass is 79.9. The lowest BCUT2D eigenvalue weighted by Gasteiger charge is -2.14. The first-order chi connectivity index (χ1) is 6.63. The summed E-state index contributed by atoms with van der Waals surface area (Å²) in [5.74, 6) is 0.793. The molecule has 1 rings (SSSR count). The summed E-state index contributed by atoms with van der Waals surface area (Å²) in [4.78, 5) is 0. The molecule has 0 radical (unpaired) electrons. The predicted molar refractivity (Wildman–Crippen MR) is 63.6 cm³/mol. The third-order valence-electron chi connectivity index (χ3n) is 1.59. The van der Waals surface area contributed by atoms with Crippen molar-refractivity contribution in [1.29, 1.82) is 0 Å². The second-order valence-corrected chi connectivity index (χ2v) is 4.43. The van der Waals surface area contributed by atoms with Crippen LogP contribution in [0.3, 0.4) is 0 Å². The lowest BCUT2D eigenvalue weighted by Crippen LogP contribution is -2.15. The standard InChI is InChI=1S/C10H12Br2O2/c1-3-13-7(2)14-8-4-5-9(11)10(12)6-8/h4-7H,3H2,1-2H3. The zero-order valence-electron chi connectivity index (χ0n) is 8.09. The molecule has 0 heterocycles. The van der Waals surface area contributed by atoms with Gasteiger partial charge in [-0.15, -0.1) is 0 Å². The van der Waals surface area contributed by atoms with Gasteiger partial charge in [0.15, 0.2) is 6.29 Å². The molecule has 0 bridgehead atoms. The van der Waals surface area contributed by atoms with Crippen LogP contribution in [-0.4, -0.2) is 12.9 Å². The van der Waals surface area contributed by atoms with Crippen LogP contribution in [0.2, 0.25) is 0 Å². The Morgan fingerprint density at radius 3 is 2.57 bits per heavy atom. The Morgan fingerprint density at radius 2 is 2.00 bits per heavy atom. The van der Waals surface area contributed by atoms with Crippen molar-refractivity contribution in [3.63, 3.8) is 0 Å². The normalized spacial score (nSPS) is 12.6. The Morgan fingerprint density at radius 1 is 1.29 bits per heavy atom. The molecule has 1 unspecified atom stereocenters. The van der Waals surface area contributed by atoms with Gasteiger partial charge < -0.3 is 9.47 Å². The van der Waals surface area contributed by atoms with Gasteiger partial charge in [-0.25, -0.2) is 0 Å². The van der Waals surface area contributed by atoms with Crippen LogP contribution in [-0.2, 0) is 4.74 Å². The fraction of sp³-hybridized carbons (Fsp3) is 0.400. The number of hydrogen-bond donors (Lipinski definition) is 0. The summed E-state index contributed by atoms with van der Waals surface area (Å²) in [7, 11) is 0. The third kappa shape index (κ3) is 3.59. The third-order valence-corrected chi connectivity index (χ3v) is 3.47. The minimum Gasteiger partial charge on any atom is -0.465 e. The molecule has 0 spiro atoms. The summed E-state index contributed by atoms with van der Waals surface area (Å²) in [6.07, 6.45) is -0.215. The Kier molecular flexibility index (Phi) is 4.92. The first-order valence-electron chi connectivity index (χ1n) is 4.36. The van der Waals surface area contributed by atoms with Crippen molar-refractivity contribution in [2.45, 2.75) is 20.1 Å². The van der Waals surface area contributed by atoms with E-state index in [0.29, 0.717) is 6.61 Å². The highest BCUT2D eigenvalue weighted by molar-refractivity contribution is 9.13. The number of benzene rings is 1. The molecule has 1 aromatic carbocycles. The Labute approximate surface area is 101 Å². The van der Waals surface area contributed by atoms with Gasteiger partial charge in [0.1, 0.15) is 5.75 Å². The van der Waals surface area contributed by atoms with Crippen LogP contribution in [0.15, 0.2) is 27.1 Å². The second kappa shape index (κ2) is 5.73. The van der Waals surface area contributed by atoms with Crippen LogP contribution in [0.1, 0.15) is 13.8 Å². The van der Waals surface area contributed by atoms with E-state index in [1.54, 1.807) is 0 Å². The molecule has 0 aliphatic rings. The summed E-state index contributed by atoms with van der Waals surface area (Å²) in [6.45, 7) is 4.47. The maximum absolute atomic E-state index is 5.52. The lowest BCUT2D eigenvalue weighted by atomic mass is 10.3. The Balaban J connectivity index is 2.63. The van der Waals surface area contributed by atoms with E-state index in [1.165, 1.54) is 0 Å². The second-order valence-electron chi connectivity index (χ2n) is 2.72. The highest BCUT2D eigenvalue weighted by Crippen LogP contribution is 2.27. The van der Waals surface area contributed by atoms with Gasteiger partial charge in [-0.2, -0.15) is 0 Å². The average molecular weight is 324 g/mol. The fourth-order valence-corrected chi connectivity index (χ4v) is 1.61. The molecule has 14 heavy (non-hydrogen) atoms. The van der Waals surface area contributed by atoms with Crippen LogP contribution in [0.25, 0.3) is 0 Å². The predicted octanol–water partition coefficient (Wildman–Crippen LogP) is 3.97. The van der Waals surface area contributed by atoms with Gasteiger partial charge in [0.2, 0.25) is 0 Å². The molecule has 0 aliphatic carbocycles. The van der Waals surface area contributed by atoms with Crippen molar-refractivity contribution in [3.8, 4) is 5.75 Å². The quantitative estimate of drug-likeness (QED) is 0.780. The van der Waals surface area contributed by atoms with Gasteiger partial charge in [-0.3, -0.25) is 0 Å². The van der Waals surface area contributed by atoms with Crippen LogP contribution < -0.4 is 4.74 Å². The molecule has 0 saturated carbocycles. The van der Waals surface area contributed by atoms with Crippen molar-refractivity contribution in [2.75, 3.05) is 6.61 Å². The summed E-state index contributed by atoms with van der Waals surface area (Å²) in [5, 5.41) is 0. The van der Waals surface area contributed by atoms with E-state index in [9.17, 15) is 0 Å². The maximum atomic E-state index is 5.52. The van der Waals surface area contributed by atoms with E-state index in [0.717, 1.165) is 14.7 Å². The Bertz CT molecular complexity index is 302. The molecule has 0 N–H and O–H groups in total. The molecule has 2 nitrogen and oxygen atoms in total. The SMILES string of the molecule is CCOC(C)Oc1ccc(Br)c(Br)c1. The first-order valence-corrected chi connectivity index (χ1v) is 5.95. The molecule has 1 aromatic rings. The van der Waals surface area contributed by atoms with E-state index in [2.05, 4.69) is 31.9 Å². The molecule has 4 heteroatoms. The van der Waals surface area contributed by atoms with E-state index in [4.69, 9.17) is 9.47 Å². The summed E-state index contributed by atoms with van der Waals surface area (Å²) < 4.78 is 12.8. The Hall–Kier alpha value is -0.0600. The van der Waals surface area contributed by atoms with Crippen molar-refractivity contribution in [3.05, 3.63) is 27.1 Å². The van der Waals surface area contributed by atoms with Crippen LogP contribution in [0.4, 0.5) is 0 Å². The molecule has 0 aromatic heterocycles. The topological polar surface area (TPSA) is 18.5 Å². The van der Waals surface area contributed by atoms with Gasteiger partial charge >= 0.3 is 0 Å². The van der Waals surface area contributed by atoms with E-state index in [1.807, 2.05) is 32.0 Å². The van der Waals surface area contributed by atoms with E-state index >= 15 is 0 Å². The number of halogens is 2. The number of rotatable bonds is 4. The van der Waals surface area contributed by atoms with Crippen LogP contribution >= 0.6 is 31.9 Å². The monoisotopic (exact) mass is 322 g/mol. The molecule has 1 atom stereocenters.